The number of benzene rings is 1. The molecule has 0 amide bonds. The summed E-state index contributed by atoms with van der Waals surface area (Å²) in [6.07, 6.45) is 3.44. The summed E-state index contributed by atoms with van der Waals surface area (Å²) in [7, 11) is 1.60. The molecule has 2 aliphatic carbocycles. The Morgan fingerprint density at radius 2 is 1.78 bits per heavy atom. The molecule has 0 N–H and O–H groups in total. The molecule has 1 aromatic carbocycles. The first-order valence-electron chi connectivity index (χ1n) is 13.8. The second-order valence-electron chi connectivity index (χ2n) is 10.9. The van der Waals surface area contributed by atoms with E-state index in [2.05, 4.69) is 24.9 Å². The van der Waals surface area contributed by atoms with Gasteiger partial charge in [0, 0.05) is 37.3 Å². The Kier molecular flexibility index (Phi) is 6.09. The molecule has 212 valence electrons. The number of nitrogens with zero attached hydrogens (tertiary/aromatic N) is 8. The zero-order valence-electron chi connectivity index (χ0n) is 22.8. The molecular formula is C29H29F3N8O. The average Bonchev–Trinajstić information content (AvgIpc) is 3.90. The van der Waals surface area contributed by atoms with Crippen molar-refractivity contribution in [2.24, 2.45) is 0 Å². The smallest absolute Gasteiger partial charge is 0.435 e. The number of aromatic nitrogens is 6. The Balaban J connectivity index is 1.21. The number of hydrogen-bond acceptors (Lipinski definition) is 8. The zero-order valence-corrected chi connectivity index (χ0v) is 22.8. The Morgan fingerprint density at radius 3 is 2.44 bits per heavy atom. The van der Waals surface area contributed by atoms with Gasteiger partial charge in [-0.1, -0.05) is 12.1 Å². The molecule has 41 heavy (non-hydrogen) atoms. The number of halogens is 3. The molecule has 4 aromatic rings. The van der Waals surface area contributed by atoms with E-state index in [9.17, 15) is 13.2 Å². The highest BCUT2D eigenvalue weighted by atomic mass is 19.4. The van der Waals surface area contributed by atoms with Gasteiger partial charge in [0.1, 0.15) is 11.9 Å². The monoisotopic (exact) mass is 562 g/mol. The number of anilines is 2. The van der Waals surface area contributed by atoms with Crippen molar-refractivity contribution >= 4 is 11.5 Å². The molecule has 9 nitrogen and oxygen atoms in total. The lowest BCUT2D eigenvalue weighted by atomic mass is 10.1. The average molecular weight is 563 g/mol. The third-order valence-electron chi connectivity index (χ3n) is 7.91. The predicted octanol–water partition coefficient (Wildman–Crippen LogP) is 5.32. The molecule has 2 saturated carbocycles. The molecule has 0 saturated heterocycles. The largest absolute Gasteiger partial charge is 0.480 e. The summed E-state index contributed by atoms with van der Waals surface area (Å²) in [5.74, 6) is 2.24. The Hall–Kier alpha value is -4.22. The van der Waals surface area contributed by atoms with Crippen LogP contribution in [-0.4, -0.2) is 56.0 Å². The minimum atomic E-state index is -4.48. The van der Waals surface area contributed by atoms with Gasteiger partial charge in [0.2, 0.25) is 5.88 Å². The quantitative estimate of drug-likeness (QED) is 0.299. The molecule has 0 atom stereocenters. The van der Waals surface area contributed by atoms with Crippen molar-refractivity contribution in [2.75, 3.05) is 30.0 Å². The molecule has 3 aromatic heterocycles. The van der Waals surface area contributed by atoms with Crippen molar-refractivity contribution in [1.29, 1.82) is 0 Å². The molecule has 0 spiro atoms. The number of methoxy groups -OCH3 is 1. The van der Waals surface area contributed by atoms with Crippen LogP contribution < -0.4 is 14.5 Å². The Bertz CT molecular complexity index is 1590. The lowest BCUT2D eigenvalue weighted by molar-refractivity contribution is -0.141. The van der Waals surface area contributed by atoms with Gasteiger partial charge in [-0.2, -0.15) is 18.3 Å². The van der Waals surface area contributed by atoms with E-state index in [1.54, 1.807) is 26.2 Å². The SMILES string of the molecule is COc1ncnc(C2CC2)c1-c1ncc2c(n1)N(Cc1ccc(-n3nc(C(F)(F)F)cc3C)cc1)CCN2C1CC1. The van der Waals surface area contributed by atoms with Crippen LogP contribution in [0.15, 0.2) is 42.9 Å². The van der Waals surface area contributed by atoms with Crippen LogP contribution in [0.2, 0.25) is 0 Å². The van der Waals surface area contributed by atoms with E-state index in [1.807, 2.05) is 18.3 Å². The summed E-state index contributed by atoms with van der Waals surface area (Å²) in [6.45, 7) is 3.86. The van der Waals surface area contributed by atoms with Crippen molar-refractivity contribution in [2.45, 2.75) is 57.3 Å². The van der Waals surface area contributed by atoms with E-state index >= 15 is 0 Å². The Morgan fingerprint density at radius 1 is 1.00 bits per heavy atom. The molecule has 1 aliphatic heterocycles. The fourth-order valence-corrected chi connectivity index (χ4v) is 5.55. The minimum Gasteiger partial charge on any atom is -0.480 e. The van der Waals surface area contributed by atoms with Crippen LogP contribution in [0.1, 0.15) is 54.2 Å². The molecule has 2 fully saturated rings. The first-order valence-corrected chi connectivity index (χ1v) is 13.8. The molecule has 0 unspecified atom stereocenters. The third-order valence-corrected chi connectivity index (χ3v) is 7.91. The van der Waals surface area contributed by atoms with Crippen LogP contribution in [0, 0.1) is 6.92 Å². The third kappa shape index (κ3) is 4.85. The number of rotatable bonds is 7. The maximum atomic E-state index is 13.2. The summed E-state index contributed by atoms with van der Waals surface area (Å²) in [5.41, 5.74) is 3.80. The van der Waals surface area contributed by atoms with Crippen LogP contribution in [0.5, 0.6) is 5.88 Å². The van der Waals surface area contributed by atoms with Gasteiger partial charge in [-0.15, -0.1) is 0 Å². The van der Waals surface area contributed by atoms with Crippen molar-refractivity contribution < 1.29 is 17.9 Å². The highest BCUT2D eigenvalue weighted by Gasteiger charge is 2.37. The standard InChI is InChI=1S/C29H29F3N8O/c1-17-13-23(29(30,31)32)37-40(17)21-7-3-18(4-8-21)15-38-11-12-39(20-9-10-20)22-14-33-26(36-27(22)38)24-25(19-5-6-19)34-16-35-28(24)41-2/h3-4,7-8,13-14,16,19-20H,5-6,9-12,15H2,1-2H3. The summed E-state index contributed by atoms with van der Waals surface area (Å²) >= 11 is 0. The lowest BCUT2D eigenvalue weighted by Gasteiger charge is -2.38. The number of ether oxygens (including phenoxy) is 1. The summed E-state index contributed by atoms with van der Waals surface area (Å²) in [6, 6.07) is 9.03. The van der Waals surface area contributed by atoms with Gasteiger partial charge >= 0.3 is 6.18 Å². The first kappa shape index (κ1) is 25.7. The second-order valence-corrected chi connectivity index (χ2v) is 10.9. The van der Waals surface area contributed by atoms with E-state index in [0.717, 1.165) is 73.2 Å². The zero-order chi connectivity index (χ0) is 28.3. The van der Waals surface area contributed by atoms with E-state index < -0.39 is 11.9 Å². The van der Waals surface area contributed by atoms with E-state index in [1.165, 1.54) is 11.0 Å². The first-order chi connectivity index (χ1) is 19.8. The summed E-state index contributed by atoms with van der Waals surface area (Å²) < 4.78 is 46.4. The molecule has 3 aliphatic rings. The molecule has 7 rings (SSSR count). The summed E-state index contributed by atoms with van der Waals surface area (Å²) in [5, 5.41) is 3.77. The number of aryl methyl sites for hydroxylation is 1. The maximum Gasteiger partial charge on any atom is 0.435 e. The number of alkyl halides is 3. The fraction of sp³-hybridized carbons (Fsp3) is 0.414. The van der Waals surface area contributed by atoms with E-state index in [0.29, 0.717) is 41.6 Å². The highest BCUT2D eigenvalue weighted by Crippen LogP contribution is 2.46. The van der Waals surface area contributed by atoms with Gasteiger partial charge in [-0.25, -0.2) is 24.6 Å². The van der Waals surface area contributed by atoms with Crippen LogP contribution in [0.4, 0.5) is 24.7 Å². The molecule has 0 radical (unpaired) electrons. The minimum absolute atomic E-state index is 0.366. The Labute approximate surface area is 235 Å². The molecule has 12 heteroatoms. The number of hydrogen-bond donors (Lipinski definition) is 0. The summed E-state index contributed by atoms with van der Waals surface area (Å²) in [4.78, 5) is 23.4. The van der Waals surface area contributed by atoms with Crippen LogP contribution >= 0.6 is 0 Å². The van der Waals surface area contributed by atoms with Gasteiger partial charge in [0.05, 0.1) is 30.4 Å². The fourth-order valence-electron chi connectivity index (χ4n) is 5.55. The molecule has 4 heterocycles. The van der Waals surface area contributed by atoms with Crippen LogP contribution in [0.3, 0.4) is 0 Å². The van der Waals surface area contributed by atoms with Gasteiger partial charge in [-0.3, -0.25) is 0 Å². The van der Waals surface area contributed by atoms with E-state index in [-0.39, 0.29) is 0 Å². The highest BCUT2D eigenvalue weighted by molar-refractivity contribution is 5.74. The van der Waals surface area contributed by atoms with Crippen molar-refractivity contribution in [3.8, 4) is 23.0 Å². The van der Waals surface area contributed by atoms with Gasteiger partial charge in [0.15, 0.2) is 17.3 Å². The van der Waals surface area contributed by atoms with Crippen molar-refractivity contribution in [1.82, 2.24) is 29.7 Å². The van der Waals surface area contributed by atoms with Gasteiger partial charge in [0.25, 0.3) is 0 Å². The topological polar surface area (TPSA) is 85.1 Å². The van der Waals surface area contributed by atoms with Crippen LogP contribution in [0.25, 0.3) is 17.1 Å². The second kappa shape index (κ2) is 9.71. The predicted molar refractivity (Wildman–Crippen MR) is 146 cm³/mol. The number of fused-ring (bicyclic) bond motifs is 1. The van der Waals surface area contributed by atoms with Crippen molar-refractivity contribution in [3.63, 3.8) is 0 Å². The van der Waals surface area contributed by atoms with Gasteiger partial charge in [-0.05, 0) is 56.4 Å². The van der Waals surface area contributed by atoms with Crippen molar-refractivity contribution in [3.05, 3.63) is 65.5 Å². The lowest BCUT2D eigenvalue weighted by Crippen LogP contribution is -2.42. The van der Waals surface area contributed by atoms with E-state index in [4.69, 9.17) is 14.7 Å². The van der Waals surface area contributed by atoms with Gasteiger partial charge < -0.3 is 14.5 Å². The maximum absolute atomic E-state index is 13.2. The normalized spacial score (nSPS) is 17.1. The molecular weight excluding hydrogens is 533 g/mol. The van der Waals surface area contributed by atoms with Crippen LogP contribution in [-0.2, 0) is 12.7 Å². The molecule has 0 bridgehead atoms.